The first-order chi connectivity index (χ1) is 10.2. The SMILES string of the molecule is CCCCC(CN)NC(=O)c1ccccc1OCCOC. The number of amides is 1. The van der Waals surface area contributed by atoms with Gasteiger partial charge in [0.25, 0.3) is 5.91 Å². The lowest BCUT2D eigenvalue weighted by molar-refractivity contribution is 0.0928. The number of nitrogens with two attached hydrogens (primary N) is 1. The van der Waals surface area contributed by atoms with Gasteiger partial charge in [-0.3, -0.25) is 4.79 Å². The van der Waals surface area contributed by atoms with Crippen molar-refractivity contribution in [2.75, 3.05) is 26.9 Å². The second-order valence-electron chi connectivity index (χ2n) is 4.89. The molecule has 0 aliphatic carbocycles. The molecule has 21 heavy (non-hydrogen) atoms. The highest BCUT2D eigenvalue weighted by molar-refractivity contribution is 5.97. The van der Waals surface area contributed by atoms with Crippen LogP contribution in [0.25, 0.3) is 0 Å². The maximum Gasteiger partial charge on any atom is 0.255 e. The quantitative estimate of drug-likeness (QED) is 0.647. The summed E-state index contributed by atoms with van der Waals surface area (Å²) >= 11 is 0. The highest BCUT2D eigenvalue weighted by atomic mass is 16.5. The monoisotopic (exact) mass is 294 g/mol. The molecule has 1 unspecified atom stereocenters. The van der Waals surface area contributed by atoms with Gasteiger partial charge in [-0.15, -0.1) is 0 Å². The van der Waals surface area contributed by atoms with Crippen LogP contribution in [0.3, 0.4) is 0 Å². The van der Waals surface area contributed by atoms with Crippen LogP contribution in [0, 0.1) is 0 Å². The minimum atomic E-state index is -0.144. The van der Waals surface area contributed by atoms with E-state index in [1.807, 2.05) is 12.1 Å². The summed E-state index contributed by atoms with van der Waals surface area (Å²) in [6.45, 7) is 3.46. The third kappa shape index (κ3) is 6.14. The van der Waals surface area contributed by atoms with Crippen molar-refractivity contribution in [3.05, 3.63) is 29.8 Å². The number of nitrogens with one attached hydrogen (secondary N) is 1. The first kappa shape index (κ1) is 17.5. The Hall–Kier alpha value is -1.59. The van der Waals surface area contributed by atoms with Gasteiger partial charge in [-0.05, 0) is 18.6 Å². The molecule has 1 atom stereocenters. The maximum absolute atomic E-state index is 12.4. The second kappa shape index (κ2) is 10.2. The van der Waals surface area contributed by atoms with Crippen molar-refractivity contribution in [1.82, 2.24) is 5.32 Å². The zero-order valence-corrected chi connectivity index (χ0v) is 12.9. The van der Waals surface area contributed by atoms with E-state index in [0.29, 0.717) is 31.1 Å². The fourth-order valence-corrected chi connectivity index (χ4v) is 1.98. The Morgan fingerprint density at radius 1 is 1.33 bits per heavy atom. The lowest BCUT2D eigenvalue weighted by Crippen LogP contribution is -2.40. The van der Waals surface area contributed by atoms with Crippen molar-refractivity contribution in [3.63, 3.8) is 0 Å². The van der Waals surface area contributed by atoms with Gasteiger partial charge in [0.05, 0.1) is 12.2 Å². The summed E-state index contributed by atoms with van der Waals surface area (Å²) in [6, 6.07) is 7.21. The predicted molar refractivity (Wildman–Crippen MR) is 83.6 cm³/mol. The van der Waals surface area contributed by atoms with Gasteiger partial charge in [0.15, 0.2) is 0 Å². The van der Waals surface area contributed by atoms with Gasteiger partial charge in [-0.25, -0.2) is 0 Å². The highest BCUT2D eigenvalue weighted by Crippen LogP contribution is 2.18. The van der Waals surface area contributed by atoms with Crippen LogP contribution in [0.5, 0.6) is 5.75 Å². The maximum atomic E-state index is 12.4. The Balaban J connectivity index is 2.67. The van der Waals surface area contributed by atoms with Crippen LogP contribution in [0.15, 0.2) is 24.3 Å². The van der Waals surface area contributed by atoms with Gasteiger partial charge in [-0.1, -0.05) is 31.9 Å². The molecule has 0 bridgehead atoms. The molecule has 5 heteroatoms. The van der Waals surface area contributed by atoms with Crippen LogP contribution in [0.4, 0.5) is 0 Å². The molecule has 1 aromatic rings. The number of carbonyl (C=O) groups excluding carboxylic acids is 1. The van der Waals surface area contributed by atoms with E-state index in [1.54, 1.807) is 19.2 Å². The molecule has 5 nitrogen and oxygen atoms in total. The fraction of sp³-hybridized carbons (Fsp3) is 0.562. The standard InChI is InChI=1S/C16H26N2O3/c1-3-4-7-13(12-17)18-16(19)14-8-5-6-9-15(14)21-11-10-20-2/h5-6,8-9,13H,3-4,7,10-12,17H2,1-2H3,(H,18,19). The van der Waals surface area contributed by atoms with Crippen LogP contribution in [0.2, 0.25) is 0 Å². The lowest BCUT2D eigenvalue weighted by Gasteiger charge is -2.18. The van der Waals surface area contributed by atoms with E-state index in [4.69, 9.17) is 15.2 Å². The number of rotatable bonds is 10. The van der Waals surface area contributed by atoms with Crippen LogP contribution >= 0.6 is 0 Å². The molecule has 1 aromatic carbocycles. The second-order valence-corrected chi connectivity index (χ2v) is 4.89. The summed E-state index contributed by atoms with van der Waals surface area (Å²) < 4.78 is 10.5. The molecule has 0 heterocycles. The lowest BCUT2D eigenvalue weighted by atomic mass is 10.1. The molecule has 118 valence electrons. The summed E-state index contributed by atoms with van der Waals surface area (Å²) in [6.07, 6.45) is 3.03. The van der Waals surface area contributed by atoms with Gasteiger partial charge in [-0.2, -0.15) is 0 Å². The first-order valence-corrected chi connectivity index (χ1v) is 7.44. The van der Waals surface area contributed by atoms with Crippen molar-refractivity contribution < 1.29 is 14.3 Å². The Bertz CT molecular complexity index is 424. The molecule has 0 aliphatic rings. The van der Waals surface area contributed by atoms with Crippen molar-refractivity contribution >= 4 is 5.91 Å². The topological polar surface area (TPSA) is 73.6 Å². The van der Waals surface area contributed by atoms with Gasteiger partial charge < -0.3 is 20.5 Å². The van der Waals surface area contributed by atoms with Gasteiger partial charge in [0.2, 0.25) is 0 Å². The zero-order valence-electron chi connectivity index (χ0n) is 12.9. The van der Waals surface area contributed by atoms with E-state index in [0.717, 1.165) is 19.3 Å². The summed E-state index contributed by atoms with van der Waals surface area (Å²) in [5, 5.41) is 2.97. The normalized spacial score (nSPS) is 12.0. The van der Waals surface area contributed by atoms with E-state index in [2.05, 4.69) is 12.2 Å². The number of para-hydroxylation sites is 1. The first-order valence-electron chi connectivity index (χ1n) is 7.44. The third-order valence-corrected chi connectivity index (χ3v) is 3.20. The van der Waals surface area contributed by atoms with Crippen LogP contribution in [0.1, 0.15) is 36.5 Å². The van der Waals surface area contributed by atoms with Crippen molar-refractivity contribution in [2.24, 2.45) is 5.73 Å². The van der Waals surface area contributed by atoms with Crippen LogP contribution < -0.4 is 15.8 Å². The Morgan fingerprint density at radius 2 is 2.10 bits per heavy atom. The number of methoxy groups -OCH3 is 1. The molecule has 0 saturated carbocycles. The minimum Gasteiger partial charge on any atom is -0.490 e. The molecular weight excluding hydrogens is 268 g/mol. The number of benzene rings is 1. The number of hydrogen-bond donors (Lipinski definition) is 2. The third-order valence-electron chi connectivity index (χ3n) is 3.20. The van der Waals surface area contributed by atoms with E-state index in [1.165, 1.54) is 0 Å². The van der Waals surface area contributed by atoms with Crippen molar-refractivity contribution in [1.29, 1.82) is 0 Å². The van der Waals surface area contributed by atoms with Crippen LogP contribution in [-0.2, 0) is 4.74 Å². The zero-order chi connectivity index (χ0) is 15.5. The fourth-order valence-electron chi connectivity index (χ4n) is 1.98. The van der Waals surface area contributed by atoms with Crippen LogP contribution in [-0.4, -0.2) is 38.8 Å². The summed E-state index contributed by atoms with van der Waals surface area (Å²) in [7, 11) is 1.61. The molecular formula is C16H26N2O3. The molecule has 0 fully saturated rings. The Morgan fingerprint density at radius 3 is 2.76 bits per heavy atom. The Kier molecular flexibility index (Phi) is 8.47. The summed E-state index contributed by atoms with van der Waals surface area (Å²) in [4.78, 5) is 12.4. The van der Waals surface area contributed by atoms with E-state index in [-0.39, 0.29) is 11.9 Å². The summed E-state index contributed by atoms with van der Waals surface area (Å²) in [5.74, 6) is 0.424. The smallest absolute Gasteiger partial charge is 0.255 e. The minimum absolute atomic E-state index is 0.00415. The summed E-state index contributed by atoms with van der Waals surface area (Å²) in [5.41, 5.74) is 6.24. The molecule has 1 rings (SSSR count). The van der Waals surface area contributed by atoms with E-state index in [9.17, 15) is 4.79 Å². The van der Waals surface area contributed by atoms with E-state index < -0.39 is 0 Å². The number of unbranched alkanes of at least 4 members (excludes halogenated alkanes) is 1. The van der Waals surface area contributed by atoms with Crippen molar-refractivity contribution in [3.8, 4) is 5.75 Å². The molecule has 0 saturated heterocycles. The molecule has 0 spiro atoms. The van der Waals surface area contributed by atoms with Gasteiger partial charge >= 0.3 is 0 Å². The average Bonchev–Trinajstić information content (AvgIpc) is 2.52. The van der Waals surface area contributed by atoms with E-state index >= 15 is 0 Å². The van der Waals surface area contributed by atoms with Gasteiger partial charge in [0.1, 0.15) is 12.4 Å². The molecule has 0 radical (unpaired) electrons. The van der Waals surface area contributed by atoms with Crippen molar-refractivity contribution in [2.45, 2.75) is 32.2 Å². The Labute approximate surface area is 126 Å². The number of hydrogen-bond acceptors (Lipinski definition) is 4. The number of carbonyl (C=O) groups is 1. The molecule has 0 aromatic heterocycles. The largest absolute Gasteiger partial charge is 0.490 e. The molecule has 1 amide bonds. The molecule has 3 N–H and O–H groups in total. The average molecular weight is 294 g/mol. The molecule has 0 aliphatic heterocycles. The van der Waals surface area contributed by atoms with Gasteiger partial charge in [0, 0.05) is 19.7 Å². The predicted octanol–water partition coefficient (Wildman–Crippen LogP) is 1.96. The number of ether oxygens (including phenoxy) is 2. The highest BCUT2D eigenvalue weighted by Gasteiger charge is 2.15.